The molecule has 1 heterocycles. The molecule has 46 heavy (non-hydrogen) atoms. The average Bonchev–Trinajstić information content (AvgIpc) is 3.36. The first kappa shape index (κ1) is 35.6. The first-order chi connectivity index (χ1) is 22.0. The van der Waals surface area contributed by atoms with E-state index >= 15 is 0 Å². The topological polar surface area (TPSA) is 107 Å². The second kappa shape index (κ2) is 16.1. The van der Waals surface area contributed by atoms with Gasteiger partial charge in [-0.15, -0.1) is 0 Å². The maximum absolute atomic E-state index is 13.6. The number of carbonyl (C=O) groups excluding carboxylic acids is 1. The lowest BCUT2D eigenvalue weighted by Gasteiger charge is -2.55. The number of carbonyl (C=O) groups is 1. The van der Waals surface area contributed by atoms with Gasteiger partial charge in [0.25, 0.3) is 0 Å². The summed E-state index contributed by atoms with van der Waals surface area (Å²) >= 11 is 0. The van der Waals surface area contributed by atoms with Gasteiger partial charge in [0.05, 0.1) is 18.3 Å². The molecule has 4 rings (SSSR count). The van der Waals surface area contributed by atoms with Crippen LogP contribution in [-0.2, 0) is 16.0 Å². The minimum absolute atomic E-state index is 0.00815. The Bertz CT molecular complexity index is 1430. The van der Waals surface area contributed by atoms with Crippen molar-refractivity contribution in [1.82, 2.24) is 0 Å². The van der Waals surface area contributed by atoms with Crippen LogP contribution in [0.15, 0.2) is 83.0 Å². The molecule has 6 heteroatoms. The number of allylic oxidation sites excluding steroid dienone is 8. The molecule has 2 aliphatic carbocycles. The van der Waals surface area contributed by atoms with E-state index in [-0.39, 0.29) is 36.4 Å². The lowest BCUT2D eigenvalue weighted by molar-refractivity contribution is -0.167. The Labute approximate surface area is 275 Å². The predicted molar refractivity (Wildman–Crippen MR) is 183 cm³/mol. The first-order valence-corrected chi connectivity index (χ1v) is 16.8. The minimum atomic E-state index is -1.17. The fourth-order valence-corrected chi connectivity index (χ4v) is 7.89. The van der Waals surface area contributed by atoms with Gasteiger partial charge >= 0.3 is 0 Å². The van der Waals surface area contributed by atoms with Crippen molar-refractivity contribution in [3.05, 3.63) is 88.6 Å². The van der Waals surface area contributed by atoms with Crippen LogP contribution in [-0.4, -0.2) is 57.7 Å². The molecule has 0 amide bonds. The minimum Gasteiger partial charge on any atom is -0.508 e. The molecule has 5 atom stereocenters. The van der Waals surface area contributed by atoms with E-state index in [4.69, 9.17) is 4.74 Å². The molecule has 0 unspecified atom stereocenters. The van der Waals surface area contributed by atoms with E-state index in [1.807, 2.05) is 32.1 Å². The summed E-state index contributed by atoms with van der Waals surface area (Å²) in [5.74, 6) is 5.92. The van der Waals surface area contributed by atoms with Crippen LogP contribution in [0.25, 0.3) is 0 Å². The first-order valence-electron chi connectivity index (χ1n) is 16.8. The van der Waals surface area contributed by atoms with E-state index < -0.39 is 17.1 Å². The van der Waals surface area contributed by atoms with Crippen molar-refractivity contribution >= 4 is 5.78 Å². The van der Waals surface area contributed by atoms with Crippen LogP contribution in [0, 0.1) is 29.1 Å². The van der Waals surface area contributed by atoms with E-state index in [0.717, 1.165) is 35.1 Å². The van der Waals surface area contributed by atoms with Crippen LogP contribution < -0.4 is 0 Å². The van der Waals surface area contributed by atoms with Crippen molar-refractivity contribution in [2.45, 2.75) is 96.7 Å². The standard InChI is InChI=1S/C40H52O6/c1-28-10-5-6-25-46-27-32(14-8-13-29(2)12-7-11-28)35-21-23-40(38(35)44)36(15-9-24-41)34(20-22-39(40,4)45)30(3)37(43)26-31-16-18-33(42)19-17-31/h8,11,13-14,16-19,35-36,38,41-42,44-45H,2,7,9-10,12,15,20-27H2,1,3-4H3/b13-8+,28-11+,32-14-,34-30+/t35-,36-,38-,39-,40-/m1/s1. The summed E-state index contributed by atoms with van der Waals surface area (Å²) < 4.78 is 6.03. The molecule has 0 bridgehead atoms. The molecule has 1 aromatic carbocycles. The molecule has 6 nitrogen and oxygen atoms in total. The Kier molecular flexibility index (Phi) is 12.4. The normalized spacial score (nSPS) is 33.4. The van der Waals surface area contributed by atoms with E-state index in [1.54, 1.807) is 24.3 Å². The van der Waals surface area contributed by atoms with Crippen LogP contribution in [0.3, 0.4) is 0 Å². The van der Waals surface area contributed by atoms with Crippen molar-refractivity contribution in [2.24, 2.45) is 17.3 Å². The fourth-order valence-electron chi connectivity index (χ4n) is 7.89. The number of hydrogen-bond donors (Lipinski definition) is 4. The number of ketones is 1. The summed E-state index contributed by atoms with van der Waals surface area (Å²) in [6, 6.07) is 6.67. The van der Waals surface area contributed by atoms with Gasteiger partial charge in [0, 0.05) is 30.8 Å². The van der Waals surface area contributed by atoms with Crippen molar-refractivity contribution in [2.75, 3.05) is 19.8 Å². The molecule has 2 fully saturated rings. The van der Waals surface area contributed by atoms with Crippen LogP contribution in [0.2, 0.25) is 0 Å². The molecule has 4 N–H and O–H groups in total. The highest BCUT2D eigenvalue weighted by Gasteiger charge is 2.64. The number of Topliss-reactive ketones (excluding diaryl/α,β-unsaturated/α-hetero) is 1. The maximum atomic E-state index is 13.6. The predicted octanol–water partition coefficient (Wildman–Crippen LogP) is 6.70. The van der Waals surface area contributed by atoms with E-state index in [9.17, 15) is 25.2 Å². The SMILES string of the molecule is C=C1/C=C/C=C(\[C@H]2CC[C@@]3([C@H](CCCO)/C(=C(\C)C(=O)Cc4ccc(O)cc4)CC[C@@]3(C)O)[C@@H]2O)COCC#CC/C(C)=C/CC1. The lowest BCUT2D eigenvalue weighted by Crippen LogP contribution is -2.59. The third-order valence-corrected chi connectivity index (χ3v) is 10.6. The van der Waals surface area contributed by atoms with Gasteiger partial charge in [0.15, 0.2) is 5.78 Å². The summed E-state index contributed by atoms with van der Waals surface area (Å²) in [6.45, 7) is 10.6. The Hall–Kier alpha value is -3.21. The van der Waals surface area contributed by atoms with Crippen LogP contribution in [0.5, 0.6) is 5.75 Å². The van der Waals surface area contributed by atoms with Gasteiger partial charge in [-0.05, 0) is 107 Å². The summed E-state index contributed by atoms with van der Waals surface area (Å²) in [5.41, 5.74) is 3.60. The Morgan fingerprint density at radius 1 is 1.15 bits per heavy atom. The van der Waals surface area contributed by atoms with Crippen LogP contribution in [0.4, 0.5) is 0 Å². The van der Waals surface area contributed by atoms with Crippen molar-refractivity contribution < 1.29 is 30.0 Å². The van der Waals surface area contributed by atoms with Gasteiger partial charge in [0.1, 0.15) is 12.4 Å². The second-order valence-corrected chi connectivity index (χ2v) is 13.6. The maximum Gasteiger partial charge on any atom is 0.162 e. The number of aliphatic hydroxyl groups is 3. The number of ether oxygens (including phenoxy) is 1. The highest BCUT2D eigenvalue weighted by Crippen LogP contribution is 2.63. The zero-order valence-corrected chi connectivity index (χ0v) is 27.9. The smallest absolute Gasteiger partial charge is 0.162 e. The zero-order valence-electron chi connectivity index (χ0n) is 27.9. The number of benzene rings is 1. The van der Waals surface area contributed by atoms with Crippen LogP contribution >= 0.6 is 0 Å². The van der Waals surface area contributed by atoms with Gasteiger partial charge in [-0.2, -0.15) is 0 Å². The molecule has 3 aliphatic rings. The third-order valence-electron chi connectivity index (χ3n) is 10.6. The zero-order chi connectivity index (χ0) is 33.3. The van der Waals surface area contributed by atoms with Crippen LogP contribution in [0.1, 0.15) is 84.1 Å². The van der Waals surface area contributed by atoms with Gasteiger partial charge < -0.3 is 25.2 Å². The van der Waals surface area contributed by atoms with E-state index in [0.29, 0.717) is 63.7 Å². The van der Waals surface area contributed by atoms with Crippen molar-refractivity contribution in [3.8, 4) is 17.6 Å². The molecule has 0 saturated heterocycles. The number of phenolic OH excluding ortho intramolecular Hbond substituents is 1. The van der Waals surface area contributed by atoms with Gasteiger partial charge in [-0.25, -0.2) is 0 Å². The van der Waals surface area contributed by atoms with Gasteiger partial charge in [0.2, 0.25) is 0 Å². The monoisotopic (exact) mass is 628 g/mol. The number of phenols is 1. The molecule has 1 aliphatic heterocycles. The number of aliphatic hydroxyl groups excluding tert-OH is 2. The van der Waals surface area contributed by atoms with Crippen molar-refractivity contribution in [1.29, 1.82) is 0 Å². The molecule has 1 spiro atoms. The summed E-state index contributed by atoms with van der Waals surface area (Å²) in [7, 11) is 0. The largest absolute Gasteiger partial charge is 0.508 e. The molecular formula is C40H52O6. The highest BCUT2D eigenvalue weighted by molar-refractivity contribution is 5.97. The fraction of sp³-hybridized carbons (Fsp3) is 0.525. The summed E-state index contributed by atoms with van der Waals surface area (Å²) in [5, 5.41) is 44.1. The summed E-state index contributed by atoms with van der Waals surface area (Å²) in [4.78, 5) is 13.6. The van der Waals surface area contributed by atoms with Gasteiger partial charge in [-0.3, -0.25) is 4.79 Å². The molecule has 0 radical (unpaired) electrons. The molecule has 0 aromatic heterocycles. The lowest BCUT2D eigenvalue weighted by atomic mass is 9.52. The Morgan fingerprint density at radius 3 is 2.65 bits per heavy atom. The van der Waals surface area contributed by atoms with E-state index in [2.05, 4.69) is 31.4 Å². The molecule has 1 aromatic rings. The van der Waals surface area contributed by atoms with E-state index in [1.165, 1.54) is 5.57 Å². The van der Waals surface area contributed by atoms with Crippen molar-refractivity contribution in [3.63, 3.8) is 0 Å². The number of aromatic hydroxyl groups is 1. The highest BCUT2D eigenvalue weighted by atomic mass is 16.5. The average molecular weight is 629 g/mol. The summed E-state index contributed by atoms with van der Waals surface area (Å²) in [6.07, 6.45) is 13.3. The number of rotatable bonds is 7. The third kappa shape index (κ3) is 8.19. The second-order valence-electron chi connectivity index (χ2n) is 13.6. The number of hydrogen-bond acceptors (Lipinski definition) is 6. The Balaban J connectivity index is 1.67. The van der Waals surface area contributed by atoms with Gasteiger partial charge in [-0.1, -0.05) is 71.6 Å². The molecule has 2 saturated carbocycles. The molecule has 248 valence electrons. The quantitative estimate of drug-likeness (QED) is 0.152. The molecular weight excluding hydrogens is 576 g/mol. The Morgan fingerprint density at radius 2 is 1.91 bits per heavy atom.